The van der Waals surface area contributed by atoms with Gasteiger partial charge < -0.3 is 5.32 Å². The summed E-state index contributed by atoms with van der Waals surface area (Å²) in [5.74, 6) is -0.687. The molecule has 0 radical (unpaired) electrons. The van der Waals surface area contributed by atoms with Crippen LogP contribution in [0.1, 0.15) is 11.3 Å². The third-order valence-electron chi connectivity index (χ3n) is 4.25. The molecule has 4 rings (SSSR count). The maximum atomic E-state index is 13.2. The molecule has 0 fully saturated rings. The van der Waals surface area contributed by atoms with Gasteiger partial charge >= 0.3 is 0 Å². The van der Waals surface area contributed by atoms with Crippen molar-refractivity contribution in [3.05, 3.63) is 83.2 Å². The molecule has 0 spiro atoms. The molecule has 0 unspecified atom stereocenters. The normalized spacial score (nSPS) is 11.2. The van der Waals surface area contributed by atoms with E-state index in [0.29, 0.717) is 33.5 Å². The minimum absolute atomic E-state index is 0.323. The van der Waals surface area contributed by atoms with Crippen molar-refractivity contribution in [3.8, 4) is 11.4 Å². The third-order valence-corrected chi connectivity index (χ3v) is 4.61. The lowest BCUT2D eigenvalue weighted by Gasteiger charge is -2.05. The molecule has 2 aromatic heterocycles. The fraction of sp³-hybridized carbons (Fsp3) is 0.0500. The van der Waals surface area contributed by atoms with Gasteiger partial charge in [-0.3, -0.25) is 4.79 Å². The average Bonchev–Trinajstić information content (AvgIpc) is 3.36. The number of amides is 1. The molecule has 0 aliphatic rings. The van der Waals surface area contributed by atoms with Crippen molar-refractivity contribution >= 4 is 29.3 Å². The summed E-state index contributed by atoms with van der Waals surface area (Å²) in [7, 11) is 0. The van der Waals surface area contributed by atoms with Gasteiger partial charge in [-0.25, -0.2) is 13.8 Å². The van der Waals surface area contributed by atoms with Crippen LogP contribution in [0.2, 0.25) is 5.15 Å². The van der Waals surface area contributed by atoms with Gasteiger partial charge in [0.15, 0.2) is 0 Å². The third kappa shape index (κ3) is 4.11. The SMILES string of the molecule is Cc1nn(-c2ccc(F)cc2)c(Cl)c1/C=C/C(=O)Nc1cccc(-n2cnnn2)c1. The van der Waals surface area contributed by atoms with Crippen molar-refractivity contribution in [1.82, 2.24) is 30.0 Å². The summed E-state index contributed by atoms with van der Waals surface area (Å²) in [5, 5.41) is 18.5. The van der Waals surface area contributed by atoms with Gasteiger partial charge in [-0.1, -0.05) is 17.7 Å². The molecule has 30 heavy (non-hydrogen) atoms. The minimum Gasteiger partial charge on any atom is -0.322 e. The van der Waals surface area contributed by atoms with Gasteiger partial charge in [0.05, 0.1) is 17.1 Å². The Morgan fingerprint density at radius 3 is 2.70 bits per heavy atom. The van der Waals surface area contributed by atoms with Crippen LogP contribution in [-0.4, -0.2) is 35.9 Å². The number of nitrogens with zero attached hydrogens (tertiary/aromatic N) is 6. The smallest absolute Gasteiger partial charge is 0.248 e. The number of hydrogen-bond donors (Lipinski definition) is 1. The summed E-state index contributed by atoms with van der Waals surface area (Å²) in [6.07, 6.45) is 4.42. The largest absolute Gasteiger partial charge is 0.322 e. The standard InChI is InChI=1S/C20H15ClFN7O/c1-13-18(20(21)29(25-13)16-7-5-14(22)6-8-16)9-10-19(30)24-15-3-2-4-17(11-15)28-12-23-26-27-28/h2-12H,1H3,(H,24,30)/b10-9+. The number of rotatable bonds is 5. The number of aryl methyl sites for hydroxylation is 1. The van der Waals surface area contributed by atoms with E-state index in [9.17, 15) is 9.18 Å². The van der Waals surface area contributed by atoms with Crippen LogP contribution in [0.3, 0.4) is 0 Å². The molecular formula is C20H15ClFN7O. The molecule has 10 heteroatoms. The van der Waals surface area contributed by atoms with Gasteiger partial charge in [0.1, 0.15) is 17.3 Å². The molecule has 0 atom stereocenters. The lowest BCUT2D eigenvalue weighted by Crippen LogP contribution is -2.08. The molecule has 2 heterocycles. The molecule has 150 valence electrons. The molecule has 1 amide bonds. The second kappa shape index (κ2) is 8.26. The highest BCUT2D eigenvalue weighted by molar-refractivity contribution is 6.31. The zero-order valence-electron chi connectivity index (χ0n) is 15.7. The quantitative estimate of drug-likeness (QED) is 0.495. The van der Waals surface area contributed by atoms with Gasteiger partial charge in [-0.2, -0.15) is 5.10 Å². The maximum Gasteiger partial charge on any atom is 0.248 e. The van der Waals surface area contributed by atoms with E-state index in [1.807, 2.05) is 6.07 Å². The van der Waals surface area contributed by atoms with E-state index in [-0.39, 0.29) is 11.7 Å². The first kappa shape index (κ1) is 19.5. The highest BCUT2D eigenvalue weighted by atomic mass is 35.5. The topological polar surface area (TPSA) is 90.5 Å². The molecular weight excluding hydrogens is 409 g/mol. The van der Waals surface area contributed by atoms with Gasteiger partial charge in [0, 0.05) is 17.3 Å². The molecule has 0 aliphatic carbocycles. The van der Waals surface area contributed by atoms with E-state index in [4.69, 9.17) is 11.6 Å². The fourth-order valence-electron chi connectivity index (χ4n) is 2.80. The van der Waals surface area contributed by atoms with Crippen molar-refractivity contribution in [2.24, 2.45) is 0 Å². The number of nitrogens with one attached hydrogen (secondary N) is 1. The highest BCUT2D eigenvalue weighted by Gasteiger charge is 2.13. The van der Waals surface area contributed by atoms with E-state index in [1.54, 1.807) is 43.3 Å². The number of tetrazole rings is 1. The van der Waals surface area contributed by atoms with Crippen LogP contribution in [0, 0.1) is 12.7 Å². The van der Waals surface area contributed by atoms with Crippen molar-refractivity contribution in [2.45, 2.75) is 6.92 Å². The first-order valence-corrected chi connectivity index (χ1v) is 9.22. The Kier molecular flexibility index (Phi) is 5.36. The van der Waals surface area contributed by atoms with Gasteiger partial charge in [0.2, 0.25) is 5.91 Å². The monoisotopic (exact) mass is 423 g/mol. The van der Waals surface area contributed by atoms with Crippen LogP contribution in [0.15, 0.2) is 60.9 Å². The lowest BCUT2D eigenvalue weighted by atomic mass is 10.2. The van der Waals surface area contributed by atoms with E-state index in [2.05, 4.69) is 25.9 Å². The molecule has 8 nitrogen and oxygen atoms in total. The van der Waals surface area contributed by atoms with E-state index < -0.39 is 0 Å². The van der Waals surface area contributed by atoms with Gasteiger partial charge in [0.25, 0.3) is 0 Å². The van der Waals surface area contributed by atoms with Crippen LogP contribution in [0.25, 0.3) is 17.5 Å². The molecule has 2 aromatic carbocycles. The number of carbonyl (C=O) groups excluding carboxylic acids is 1. The maximum absolute atomic E-state index is 13.2. The summed E-state index contributed by atoms with van der Waals surface area (Å²) in [4.78, 5) is 12.4. The molecule has 4 aromatic rings. The number of carbonyl (C=O) groups is 1. The second-order valence-corrected chi connectivity index (χ2v) is 6.66. The summed E-state index contributed by atoms with van der Waals surface area (Å²) in [6.45, 7) is 1.78. The first-order chi connectivity index (χ1) is 14.5. The Morgan fingerprint density at radius 1 is 1.17 bits per heavy atom. The Labute approximate surface area is 175 Å². The van der Waals surface area contributed by atoms with E-state index in [0.717, 1.165) is 0 Å². The Morgan fingerprint density at radius 2 is 1.97 bits per heavy atom. The molecule has 1 N–H and O–H groups in total. The predicted octanol–water partition coefficient (Wildman–Crippen LogP) is 3.60. The number of benzene rings is 2. The van der Waals surface area contributed by atoms with Crippen molar-refractivity contribution in [1.29, 1.82) is 0 Å². The lowest BCUT2D eigenvalue weighted by molar-refractivity contribution is -0.111. The van der Waals surface area contributed by atoms with Gasteiger partial charge in [-0.15, -0.1) is 5.10 Å². The van der Waals surface area contributed by atoms with Crippen LogP contribution >= 0.6 is 11.6 Å². The zero-order valence-corrected chi connectivity index (χ0v) is 16.5. The Balaban J connectivity index is 1.51. The fourth-order valence-corrected chi connectivity index (χ4v) is 3.14. The van der Waals surface area contributed by atoms with Crippen molar-refractivity contribution < 1.29 is 9.18 Å². The van der Waals surface area contributed by atoms with Crippen molar-refractivity contribution in [2.75, 3.05) is 5.32 Å². The average molecular weight is 424 g/mol. The Hall–Kier alpha value is -3.85. The number of aromatic nitrogens is 6. The molecule has 0 aliphatic heterocycles. The summed E-state index contributed by atoms with van der Waals surface area (Å²) in [5.41, 5.74) is 3.14. The highest BCUT2D eigenvalue weighted by Crippen LogP contribution is 2.25. The van der Waals surface area contributed by atoms with Crippen LogP contribution in [0.4, 0.5) is 10.1 Å². The Bertz CT molecular complexity index is 1220. The zero-order chi connectivity index (χ0) is 21.1. The summed E-state index contributed by atoms with van der Waals surface area (Å²) in [6, 6.07) is 12.9. The summed E-state index contributed by atoms with van der Waals surface area (Å²) >= 11 is 6.43. The van der Waals surface area contributed by atoms with Crippen LogP contribution in [0.5, 0.6) is 0 Å². The summed E-state index contributed by atoms with van der Waals surface area (Å²) < 4.78 is 16.1. The van der Waals surface area contributed by atoms with Crippen molar-refractivity contribution in [3.63, 3.8) is 0 Å². The van der Waals surface area contributed by atoms with Gasteiger partial charge in [-0.05, 0) is 65.9 Å². The van der Waals surface area contributed by atoms with Crippen LogP contribution in [-0.2, 0) is 4.79 Å². The number of halogens is 2. The van der Waals surface area contributed by atoms with E-state index >= 15 is 0 Å². The van der Waals surface area contributed by atoms with Crippen LogP contribution < -0.4 is 5.32 Å². The number of anilines is 1. The first-order valence-electron chi connectivity index (χ1n) is 8.85. The predicted molar refractivity (Wildman–Crippen MR) is 110 cm³/mol. The minimum atomic E-state index is -0.348. The van der Waals surface area contributed by atoms with E-state index in [1.165, 1.54) is 33.9 Å². The second-order valence-electron chi connectivity index (χ2n) is 6.31. The molecule has 0 bridgehead atoms. The molecule has 0 saturated carbocycles. The number of hydrogen-bond acceptors (Lipinski definition) is 5. The molecule has 0 saturated heterocycles.